The maximum absolute atomic E-state index is 5.12. The van der Waals surface area contributed by atoms with Crippen LogP contribution < -0.4 is 4.74 Å². The van der Waals surface area contributed by atoms with Crippen LogP contribution >= 0.6 is 0 Å². The molecule has 0 unspecified atom stereocenters. The standard InChI is InChI=1S/C21H24N2O/c1-3-4-5-6-7-18-8-10-19(11-9-18)16-22-23-17-20-12-14-21(24-2)15-13-20/h3,8-17H,1,4-7H2,2H3. The van der Waals surface area contributed by atoms with Crippen molar-refractivity contribution in [3.8, 4) is 5.75 Å². The number of aryl methyl sites for hydroxylation is 1. The molecule has 0 aromatic heterocycles. The maximum atomic E-state index is 5.12. The van der Waals surface area contributed by atoms with Crippen LogP contribution in [0.2, 0.25) is 0 Å². The Morgan fingerprint density at radius 3 is 2.00 bits per heavy atom. The van der Waals surface area contributed by atoms with Gasteiger partial charge in [-0.15, -0.1) is 6.58 Å². The molecule has 3 heteroatoms. The Labute approximate surface area is 144 Å². The molecule has 2 aromatic rings. The van der Waals surface area contributed by atoms with Gasteiger partial charge in [-0.05, 0) is 66.6 Å². The zero-order valence-electron chi connectivity index (χ0n) is 14.2. The van der Waals surface area contributed by atoms with Crippen LogP contribution in [0, 0.1) is 0 Å². The molecule has 0 saturated carbocycles. The summed E-state index contributed by atoms with van der Waals surface area (Å²) in [5.74, 6) is 0.834. The van der Waals surface area contributed by atoms with Gasteiger partial charge in [0.1, 0.15) is 5.75 Å². The fourth-order valence-corrected chi connectivity index (χ4v) is 2.28. The molecule has 0 aliphatic carbocycles. The van der Waals surface area contributed by atoms with E-state index in [1.165, 1.54) is 18.4 Å². The third kappa shape index (κ3) is 6.21. The van der Waals surface area contributed by atoms with Gasteiger partial charge in [0.25, 0.3) is 0 Å². The van der Waals surface area contributed by atoms with Gasteiger partial charge in [0, 0.05) is 0 Å². The van der Waals surface area contributed by atoms with Crippen LogP contribution in [0.25, 0.3) is 0 Å². The number of hydrogen-bond donors (Lipinski definition) is 0. The summed E-state index contributed by atoms with van der Waals surface area (Å²) in [6.07, 6.45) is 10.1. The number of methoxy groups -OCH3 is 1. The number of allylic oxidation sites excluding steroid dienone is 1. The Morgan fingerprint density at radius 1 is 0.875 bits per heavy atom. The quantitative estimate of drug-likeness (QED) is 0.275. The van der Waals surface area contributed by atoms with Crippen molar-refractivity contribution in [1.82, 2.24) is 0 Å². The van der Waals surface area contributed by atoms with E-state index in [1.54, 1.807) is 19.5 Å². The SMILES string of the molecule is C=CCCCCc1ccc(C=NN=Cc2ccc(OC)cc2)cc1. The normalized spacial score (nSPS) is 11.2. The molecule has 2 rings (SSSR count). The van der Waals surface area contributed by atoms with Crippen LogP contribution in [0.15, 0.2) is 71.4 Å². The molecule has 24 heavy (non-hydrogen) atoms. The molecule has 0 fully saturated rings. The number of benzene rings is 2. The lowest BCUT2D eigenvalue weighted by molar-refractivity contribution is 0.415. The van der Waals surface area contributed by atoms with E-state index in [1.807, 2.05) is 30.3 Å². The minimum atomic E-state index is 0.834. The zero-order valence-corrected chi connectivity index (χ0v) is 14.2. The molecule has 0 aliphatic heterocycles. The highest BCUT2D eigenvalue weighted by atomic mass is 16.5. The van der Waals surface area contributed by atoms with Crippen LogP contribution in [0.5, 0.6) is 5.75 Å². The summed E-state index contributed by atoms with van der Waals surface area (Å²) in [5.41, 5.74) is 3.40. The topological polar surface area (TPSA) is 34.0 Å². The second kappa shape index (κ2) is 10.2. The van der Waals surface area contributed by atoms with Crippen molar-refractivity contribution < 1.29 is 4.74 Å². The molecule has 3 nitrogen and oxygen atoms in total. The lowest BCUT2D eigenvalue weighted by Gasteiger charge is -2.01. The predicted molar refractivity (Wildman–Crippen MR) is 102 cm³/mol. The van der Waals surface area contributed by atoms with Gasteiger partial charge in [0.2, 0.25) is 0 Å². The molecule has 0 atom stereocenters. The van der Waals surface area contributed by atoms with Gasteiger partial charge in [0.05, 0.1) is 19.5 Å². The van der Waals surface area contributed by atoms with Crippen LogP contribution in [0.1, 0.15) is 36.0 Å². The fraction of sp³-hybridized carbons (Fsp3) is 0.238. The van der Waals surface area contributed by atoms with E-state index >= 15 is 0 Å². The van der Waals surface area contributed by atoms with Crippen molar-refractivity contribution in [2.24, 2.45) is 10.2 Å². The van der Waals surface area contributed by atoms with Crippen molar-refractivity contribution in [1.29, 1.82) is 0 Å². The smallest absolute Gasteiger partial charge is 0.118 e. The van der Waals surface area contributed by atoms with E-state index in [9.17, 15) is 0 Å². The molecule has 0 bridgehead atoms. The number of ether oxygens (including phenoxy) is 1. The minimum absolute atomic E-state index is 0.834. The molecule has 0 saturated heterocycles. The second-order valence-electron chi connectivity index (χ2n) is 5.54. The summed E-state index contributed by atoms with van der Waals surface area (Å²) in [4.78, 5) is 0. The molecule has 0 spiro atoms. The Kier molecular flexibility index (Phi) is 7.48. The molecule has 0 N–H and O–H groups in total. The van der Waals surface area contributed by atoms with Gasteiger partial charge in [-0.25, -0.2) is 0 Å². The highest BCUT2D eigenvalue weighted by Crippen LogP contribution is 2.10. The highest BCUT2D eigenvalue weighted by molar-refractivity contribution is 5.82. The first-order valence-electron chi connectivity index (χ1n) is 8.22. The van der Waals surface area contributed by atoms with E-state index in [0.717, 1.165) is 29.7 Å². The first-order chi connectivity index (χ1) is 11.8. The summed E-state index contributed by atoms with van der Waals surface area (Å²) in [5, 5.41) is 8.18. The number of hydrogen-bond acceptors (Lipinski definition) is 3. The average molecular weight is 320 g/mol. The molecule has 0 radical (unpaired) electrons. The largest absolute Gasteiger partial charge is 0.497 e. The van der Waals surface area contributed by atoms with Crippen LogP contribution in [0.3, 0.4) is 0 Å². The van der Waals surface area contributed by atoms with E-state index in [0.29, 0.717) is 0 Å². The van der Waals surface area contributed by atoms with Gasteiger partial charge in [-0.3, -0.25) is 0 Å². The zero-order chi connectivity index (χ0) is 17.0. The van der Waals surface area contributed by atoms with Crippen LogP contribution in [-0.4, -0.2) is 19.5 Å². The highest BCUT2D eigenvalue weighted by Gasteiger charge is 1.94. The second-order valence-corrected chi connectivity index (χ2v) is 5.54. The third-order valence-corrected chi connectivity index (χ3v) is 3.70. The molecule has 0 amide bonds. The Bertz CT molecular complexity index is 670. The van der Waals surface area contributed by atoms with Gasteiger partial charge >= 0.3 is 0 Å². The third-order valence-electron chi connectivity index (χ3n) is 3.70. The number of nitrogens with zero attached hydrogens (tertiary/aromatic N) is 2. The lowest BCUT2D eigenvalue weighted by Crippen LogP contribution is -1.87. The summed E-state index contributed by atoms with van der Waals surface area (Å²) < 4.78 is 5.12. The number of unbranched alkanes of at least 4 members (excludes halogenated alkanes) is 2. The molecule has 124 valence electrons. The monoisotopic (exact) mass is 320 g/mol. The van der Waals surface area contributed by atoms with Gasteiger partial charge in [-0.1, -0.05) is 30.3 Å². The molecule has 2 aromatic carbocycles. The first kappa shape index (κ1) is 17.7. The van der Waals surface area contributed by atoms with E-state index < -0.39 is 0 Å². The Balaban J connectivity index is 1.82. The van der Waals surface area contributed by atoms with Gasteiger partial charge in [0.15, 0.2) is 0 Å². The van der Waals surface area contributed by atoms with Crippen molar-refractivity contribution in [3.05, 3.63) is 77.9 Å². The predicted octanol–water partition coefficient (Wildman–Crippen LogP) is 5.05. The summed E-state index contributed by atoms with van der Waals surface area (Å²) in [6, 6.07) is 16.2. The molecular weight excluding hydrogens is 296 g/mol. The van der Waals surface area contributed by atoms with Gasteiger partial charge < -0.3 is 4.74 Å². The van der Waals surface area contributed by atoms with E-state index in [2.05, 4.69) is 41.0 Å². The lowest BCUT2D eigenvalue weighted by atomic mass is 10.1. The summed E-state index contributed by atoms with van der Waals surface area (Å²) >= 11 is 0. The first-order valence-corrected chi connectivity index (χ1v) is 8.22. The average Bonchev–Trinajstić information content (AvgIpc) is 2.64. The molecular formula is C21H24N2O. The van der Waals surface area contributed by atoms with Crippen molar-refractivity contribution >= 4 is 12.4 Å². The maximum Gasteiger partial charge on any atom is 0.118 e. The minimum Gasteiger partial charge on any atom is -0.497 e. The van der Waals surface area contributed by atoms with Crippen LogP contribution in [0.4, 0.5) is 0 Å². The molecule has 0 heterocycles. The summed E-state index contributed by atoms with van der Waals surface area (Å²) in [7, 11) is 1.65. The van der Waals surface area contributed by atoms with Crippen molar-refractivity contribution in [2.45, 2.75) is 25.7 Å². The molecule has 0 aliphatic rings. The van der Waals surface area contributed by atoms with Crippen LogP contribution in [-0.2, 0) is 6.42 Å². The fourth-order valence-electron chi connectivity index (χ4n) is 2.28. The Morgan fingerprint density at radius 2 is 1.46 bits per heavy atom. The van der Waals surface area contributed by atoms with Gasteiger partial charge in [-0.2, -0.15) is 10.2 Å². The van der Waals surface area contributed by atoms with Crippen molar-refractivity contribution in [3.63, 3.8) is 0 Å². The summed E-state index contributed by atoms with van der Waals surface area (Å²) in [6.45, 7) is 3.75. The Hall–Kier alpha value is -2.68. The van der Waals surface area contributed by atoms with Crippen molar-refractivity contribution in [2.75, 3.05) is 7.11 Å². The number of rotatable bonds is 9. The van der Waals surface area contributed by atoms with E-state index in [4.69, 9.17) is 4.74 Å². The van der Waals surface area contributed by atoms with E-state index in [-0.39, 0.29) is 0 Å².